The number of ether oxygens (including phenoxy) is 1. The Morgan fingerprint density at radius 2 is 2.44 bits per heavy atom. The van der Waals surface area contributed by atoms with E-state index < -0.39 is 6.17 Å². The molecule has 1 aromatic carbocycles. The number of alkyl halides is 1. The van der Waals surface area contributed by atoms with Crippen molar-refractivity contribution >= 4 is 0 Å². The van der Waals surface area contributed by atoms with Gasteiger partial charge in [-0.3, -0.25) is 0 Å². The van der Waals surface area contributed by atoms with Gasteiger partial charge in [-0.05, 0) is 37.6 Å². The second-order valence-corrected chi connectivity index (χ2v) is 4.36. The van der Waals surface area contributed by atoms with E-state index in [-0.39, 0.29) is 0 Å². The van der Waals surface area contributed by atoms with E-state index in [1.54, 1.807) is 19.1 Å². The van der Waals surface area contributed by atoms with E-state index in [9.17, 15) is 4.39 Å². The molecule has 3 heteroatoms. The van der Waals surface area contributed by atoms with Crippen molar-refractivity contribution in [2.45, 2.75) is 19.5 Å². The summed E-state index contributed by atoms with van der Waals surface area (Å²) in [4.78, 5) is 0. The predicted octanol–water partition coefficient (Wildman–Crippen LogP) is 2.71. The lowest BCUT2D eigenvalue weighted by Crippen LogP contribution is -2.15. The Labute approximate surface area is 95.8 Å². The Morgan fingerprint density at radius 1 is 1.56 bits per heavy atom. The Hall–Kier alpha value is -1.09. The molecule has 0 bridgehead atoms. The second-order valence-electron chi connectivity index (χ2n) is 4.36. The molecular weight excluding hydrogens is 205 g/mol. The Kier molecular flexibility index (Phi) is 3.78. The number of hydrogen-bond donors (Lipinski definition) is 1. The lowest BCUT2D eigenvalue weighted by molar-refractivity contribution is 0.259. The van der Waals surface area contributed by atoms with Gasteiger partial charge in [0.25, 0.3) is 0 Å². The molecule has 1 aliphatic rings. The van der Waals surface area contributed by atoms with Crippen LogP contribution < -0.4 is 10.1 Å². The van der Waals surface area contributed by atoms with Gasteiger partial charge in [0.1, 0.15) is 11.9 Å². The van der Waals surface area contributed by atoms with Crippen LogP contribution in [0.5, 0.6) is 5.75 Å². The predicted molar refractivity (Wildman–Crippen MR) is 62.4 cm³/mol. The van der Waals surface area contributed by atoms with Crippen LogP contribution in [0.2, 0.25) is 0 Å². The van der Waals surface area contributed by atoms with Gasteiger partial charge in [-0.2, -0.15) is 0 Å². The zero-order valence-electron chi connectivity index (χ0n) is 9.58. The molecule has 1 N–H and O–H groups in total. The molecule has 1 saturated heterocycles. The van der Waals surface area contributed by atoms with Gasteiger partial charge in [-0.1, -0.05) is 12.1 Å². The molecule has 0 spiro atoms. The third-order valence-electron chi connectivity index (χ3n) is 2.97. The molecule has 1 fully saturated rings. The van der Waals surface area contributed by atoms with Gasteiger partial charge in [-0.15, -0.1) is 0 Å². The zero-order chi connectivity index (χ0) is 11.4. The summed E-state index contributed by atoms with van der Waals surface area (Å²) >= 11 is 0. The lowest BCUT2D eigenvalue weighted by Gasteiger charge is -2.12. The number of rotatable bonds is 4. The molecule has 0 saturated carbocycles. The highest BCUT2D eigenvalue weighted by Gasteiger charge is 2.15. The fourth-order valence-electron chi connectivity index (χ4n) is 1.92. The number of hydrogen-bond acceptors (Lipinski definition) is 2. The average molecular weight is 223 g/mol. The first-order valence-electron chi connectivity index (χ1n) is 5.83. The van der Waals surface area contributed by atoms with Gasteiger partial charge in [0, 0.05) is 12.5 Å². The molecule has 1 aliphatic heterocycles. The van der Waals surface area contributed by atoms with Crippen LogP contribution in [0.3, 0.4) is 0 Å². The summed E-state index contributed by atoms with van der Waals surface area (Å²) in [6.45, 7) is 4.37. The van der Waals surface area contributed by atoms with E-state index in [1.165, 1.54) is 6.42 Å². The topological polar surface area (TPSA) is 21.3 Å². The molecule has 16 heavy (non-hydrogen) atoms. The first kappa shape index (κ1) is 11.4. The fourth-order valence-corrected chi connectivity index (χ4v) is 1.92. The monoisotopic (exact) mass is 223 g/mol. The molecule has 88 valence electrons. The van der Waals surface area contributed by atoms with Crippen LogP contribution in [0, 0.1) is 5.92 Å². The van der Waals surface area contributed by atoms with Gasteiger partial charge >= 0.3 is 0 Å². The van der Waals surface area contributed by atoms with E-state index in [2.05, 4.69) is 5.32 Å². The number of benzene rings is 1. The summed E-state index contributed by atoms with van der Waals surface area (Å²) in [6, 6.07) is 7.30. The van der Waals surface area contributed by atoms with Crippen molar-refractivity contribution in [2.75, 3.05) is 19.7 Å². The van der Waals surface area contributed by atoms with Crippen molar-refractivity contribution in [3.8, 4) is 5.75 Å². The highest BCUT2D eigenvalue weighted by Crippen LogP contribution is 2.22. The normalized spacial score (nSPS) is 22.0. The van der Waals surface area contributed by atoms with Crippen molar-refractivity contribution in [2.24, 2.45) is 5.92 Å². The number of halogens is 1. The average Bonchev–Trinajstić information content (AvgIpc) is 2.79. The summed E-state index contributed by atoms with van der Waals surface area (Å²) in [5.41, 5.74) is 0.682. The quantitative estimate of drug-likeness (QED) is 0.847. The van der Waals surface area contributed by atoms with Crippen molar-refractivity contribution in [3.63, 3.8) is 0 Å². The smallest absolute Gasteiger partial charge is 0.122 e. The third kappa shape index (κ3) is 2.95. The van der Waals surface area contributed by atoms with Crippen LogP contribution in [-0.2, 0) is 0 Å². The van der Waals surface area contributed by atoms with Crippen LogP contribution in [0.15, 0.2) is 24.3 Å². The van der Waals surface area contributed by atoms with Gasteiger partial charge in [0.05, 0.1) is 6.61 Å². The van der Waals surface area contributed by atoms with Crippen LogP contribution in [-0.4, -0.2) is 19.7 Å². The highest BCUT2D eigenvalue weighted by molar-refractivity contribution is 5.29. The molecule has 1 heterocycles. The Bertz CT molecular complexity index is 334. The minimum absolute atomic E-state index is 0.589. The summed E-state index contributed by atoms with van der Waals surface area (Å²) in [7, 11) is 0. The molecule has 2 atom stereocenters. The van der Waals surface area contributed by atoms with E-state index in [4.69, 9.17) is 4.74 Å². The molecule has 2 unspecified atom stereocenters. The standard InChI is InChI=1S/C13H18FNO/c1-10(14)12-3-2-4-13(7-12)16-9-11-5-6-15-8-11/h2-4,7,10-11,15H,5-6,8-9H2,1H3. The van der Waals surface area contributed by atoms with E-state index >= 15 is 0 Å². The zero-order valence-corrected chi connectivity index (χ0v) is 9.58. The molecule has 2 nitrogen and oxygen atoms in total. The second kappa shape index (κ2) is 5.30. The van der Waals surface area contributed by atoms with Crippen LogP contribution in [0.1, 0.15) is 25.1 Å². The maximum absolute atomic E-state index is 13.1. The Morgan fingerprint density at radius 3 is 3.12 bits per heavy atom. The maximum Gasteiger partial charge on any atom is 0.122 e. The SMILES string of the molecule is CC(F)c1cccc(OCC2CCNC2)c1. The van der Waals surface area contributed by atoms with Crippen molar-refractivity contribution in [3.05, 3.63) is 29.8 Å². The summed E-state index contributed by atoms with van der Waals surface area (Å²) in [5, 5.41) is 3.30. The molecule has 0 amide bonds. The first-order chi connectivity index (χ1) is 7.75. The van der Waals surface area contributed by atoms with Crippen molar-refractivity contribution in [1.29, 1.82) is 0 Å². The summed E-state index contributed by atoms with van der Waals surface area (Å²) in [6.07, 6.45) is 0.232. The van der Waals surface area contributed by atoms with Gasteiger partial charge < -0.3 is 10.1 Å². The Balaban J connectivity index is 1.90. The maximum atomic E-state index is 13.1. The van der Waals surface area contributed by atoms with Crippen molar-refractivity contribution < 1.29 is 9.13 Å². The molecule has 0 aromatic heterocycles. The van der Waals surface area contributed by atoms with Gasteiger partial charge in [-0.25, -0.2) is 4.39 Å². The molecule has 1 aromatic rings. The molecular formula is C13H18FNO. The fraction of sp³-hybridized carbons (Fsp3) is 0.538. The lowest BCUT2D eigenvalue weighted by atomic mass is 10.1. The van der Waals surface area contributed by atoms with Crippen LogP contribution >= 0.6 is 0 Å². The van der Waals surface area contributed by atoms with Gasteiger partial charge in [0.15, 0.2) is 0 Å². The molecule has 0 radical (unpaired) electrons. The molecule has 0 aliphatic carbocycles. The third-order valence-corrected chi connectivity index (χ3v) is 2.97. The largest absolute Gasteiger partial charge is 0.493 e. The van der Waals surface area contributed by atoms with Crippen LogP contribution in [0.25, 0.3) is 0 Å². The van der Waals surface area contributed by atoms with E-state index in [0.717, 1.165) is 25.4 Å². The summed E-state index contributed by atoms with van der Waals surface area (Å²) < 4.78 is 18.8. The minimum atomic E-state index is -0.934. The first-order valence-corrected chi connectivity index (χ1v) is 5.83. The summed E-state index contributed by atoms with van der Waals surface area (Å²) in [5.74, 6) is 1.36. The van der Waals surface area contributed by atoms with E-state index in [1.807, 2.05) is 12.1 Å². The number of nitrogens with one attached hydrogen (secondary N) is 1. The minimum Gasteiger partial charge on any atom is -0.493 e. The highest BCUT2D eigenvalue weighted by atomic mass is 19.1. The van der Waals surface area contributed by atoms with Crippen molar-refractivity contribution in [1.82, 2.24) is 5.32 Å². The van der Waals surface area contributed by atoms with Crippen LogP contribution in [0.4, 0.5) is 4.39 Å². The van der Waals surface area contributed by atoms with E-state index in [0.29, 0.717) is 11.5 Å². The molecule has 2 rings (SSSR count). The van der Waals surface area contributed by atoms with Gasteiger partial charge in [0.2, 0.25) is 0 Å².